The van der Waals surface area contributed by atoms with E-state index < -0.39 is 0 Å². The largest absolute Gasteiger partial charge is 0.346 e. The maximum Gasteiger partial charge on any atom is 0.185 e. The lowest BCUT2D eigenvalue weighted by molar-refractivity contribution is 0.593. The monoisotopic (exact) mass is 271 g/mol. The van der Waals surface area contributed by atoms with Gasteiger partial charge in [0.2, 0.25) is 0 Å². The third kappa shape index (κ3) is 3.86. The summed E-state index contributed by atoms with van der Waals surface area (Å²) in [6.07, 6.45) is 2.02. The van der Waals surface area contributed by atoms with Crippen LogP contribution in [-0.4, -0.2) is 35.1 Å². The molecular formula is C12H21N3S2. The van der Waals surface area contributed by atoms with Gasteiger partial charge in [-0.2, -0.15) is 11.8 Å². The highest BCUT2D eigenvalue weighted by Gasteiger charge is 2.19. The zero-order valence-electron chi connectivity index (χ0n) is 10.8. The summed E-state index contributed by atoms with van der Waals surface area (Å²) in [5.74, 6) is 1.22. The van der Waals surface area contributed by atoms with E-state index in [0.29, 0.717) is 6.04 Å². The third-order valence-corrected chi connectivity index (χ3v) is 4.93. The Bertz CT molecular complexity index is 351. The minimum atomic E-state index is 0.534. The van der Waals surface area contributed by atoms with Crippen molar-refractivity contribution in [1.82, 2.24) is 10.3 Å². The van der Waals surface area contributed by atoms with E-state index in [2.05, 4.69) is 47.7 Å². The van der Waals surface area contributed by atoms with Gasteiger partial charge in [-0.3, -0.25) is 0 Å². The summed E-state index contributed by atoms with van der Waals surface area (Å²) in [7, 11) is 0. The quantitative estimate of drug-likeness (QED) is 0.911. The van der Waals surface area contributed by atoms with E-state index in [9.17, 15) is 0 Å². The Morgan fingerprint density at radius 2 is 2.41 bits per heavy atom. The van der Waals surface area contributed by atoms with Crippen molar-refractivity contribution in [3.63, 3.8) is 0 Å². The highest BCUT2D eigenvalue weighted by Crippen LogP contribution is 2.27. The first-order valence-corrected chi connectivity index (χ1v) is 8.06. The fourth-order valence-electron chi connectivity index (χ4n) is 1.82. The fourth-order valence-corrected chi connectivity index (χ4v) is 3.73. The third-order valence-electron chi connectivity index (χ3n) is 2.74. The molecule has 0 radical (unpaired) electrons. The van der Waals surface area contributed by atoms with E-state index in [4.69, 9.17) is 0 Å². The number of nitrogens with zero attached hydrogens (tertiary/aromatic N) is 2. The average molecular weight is 271 g/mol. The van der Waals surface area contributed by atoms with Crippen molar-refractivity contribution in [2.24, 2.45) is 0 Å². The van der Waals surface area contributed by atoms with Gasteiger partial charge in [-0.25, -0.2) is 4.98 Å². The SMILES string of the molecule is CC(C)NCc1cnc(N2CCSC(C)C2)s1. The molecule has 2 heterocycles. The smallest absolute Gasteiger partial charge is 0.185 e. The lowest BCUT2D eigenvalue weighted by Crippen LogP contribution is -2.36. The number of anilines is 1. The zero-order chi connectivity index (χ0) is 12.3. The Morgan fingerprint density at radius 3 is 3.12 bits per heavy atom. The van der Waals surface area contributed by atoms with Crippen LogP contribution in [0.25, 0.3) is 0 Å². The molecule has 0 spiro atoms. The average Bonchev–Trinajstić information content (AvgIpc) is 2.75. The molecule has 0 aliphatic carbocycles. The molecule has 96 valence electrons. The van der Waals surface area contributed by atoms with Crippen molar-refractivity contribution in [2.75, 3.05) is 23.7 Å². The Morgan fingerprint density at radius 1 is 1.59 bits per heavy atom. The van der Waals surface area contributed by atoms with Gasteiger partial charge in [-0.15, -0.1) is 11.3 Å². The Balaban J connectivity index is 1.92. The van der Waals surface area contributed by atoms with Crippen molar-refractivity contribution in [3.8, 4) is 0 Å². The van der Waals surface area contributed by atoms with Crippen LogP contribution in [0.15, 0.2) is 6.20 Å². The standard InChI is InChI=1S/C12H21N3S2/c1-9(2)13-6-11-7-14-12(17-11)15-4-5-16-10(3)8-15/h7,9-10,13H,4-6,8H2,1-3H3. The van der Waals surface area contributed by atoms with Crippen molar-refractivity contribution < 1.29 is 0 Å². The number of aromatic nitrogens is 1. The van der Waals surface area contributed by atoms with Crippen LogP contribution >= 0.6 is 23.1 Å². The van der Waals surface area contributed by atoms with Crippen molar-refractivity contribution >= 4 is 28.2 Å². The molecule has 5 heteroatoms. The van der Waals surface area contributed by atoms with Gasteiger partial charge in [-0.05, 0) is 0 Å². The summed E-state index contributed by atoms with van der Waals surface area (Å²) in [5, 5.41) is 5.35. The summed E-state index contributed by atoms with van der Waals surface area (Å²) < 4.78 is 0. The van der Waals surface area contributed by atoms with Crippen LogP contribution in [0, 0.1) is 0 Å². The molecular weight excluding hydrogens is 250 g/mol. The summed E-state index contributed by atoms with van der Waals surface area (Å²) in [6, 6.07) is 0.534. The molecule has 2 rings (SSSR count). The Labute approximate surface area is 112 Å². The summed E-state index contributed by atoms with van der Waals surface area (Å²) >= 11 is 3.89. The van der Waals surface area contributed by atoms with Crippen LogP contribution in [0.5, 0.6) is 0 Å². The molecule has 0 saturated carbocycles. The van der Waals surface area contributed by atoms with Crippen LogP contribution in [0.3, 0.4) is 0 Å². The minimum absolute atomic E-state index is 0.534. The van der Waals surface area contributed by atoms with E-state index in [-0.39, 0.29) is 0 Å². The lowest BCUT2D eigenvalue weighted by Gasteiger charge is -2.30. The van der Waals surface area contributed by atoms with E-state index in [1.54, 1.807) is 0 Å². The van der Waals surface area contributed by atoms with Gasteiger partial charge in [-0.1, -0.05) is 20.8 Å². The molecule has 1 aliphatic rings. The Hall–Kier alpha value is -0.260. The number of nitrogens with one attached hydrogen (secondary N) is 1. The van der Waals surface area contributed by atoms with Crippen LogP contribution in [-0.2, 0) is 6.54 Å². The molecule has 0 aromatic carbocycles. The molecule has 0 bridgehead atoms. The number of thioether (sulfide) groups is 1. The molecule has 1 aromatic heterocycles. The maximum absolute atomic E-state index is 4.55. The van der Waals surface area contributed by atoms with Gasteiger partial charge >= 0.3 is 0 Å². The predicted octanol–water partition coefficient (Wildman–Crippen LogP) is 2.58. The molecule has 1 fully saturated rings. The highest BCUT2D eigenvalue weighted by molar-refractivity contribution is 8.00. The molecule has 1 atom stereocenters. The molecule has 0 amide bonds. The molecule has 1 N–H and O–H groups in total. The molecule has 1 saturated heterocycles. The molecule has 1 aromatic rings. The molecule has 3 nitrogen and oxygen atoms in total. The maximum atomic E-state index is 4.55. The van der Waals surface area contributed by atoms with E-state index in [0.717, 1.165) is 24.9 Å². The molecule has 17 heavy (non-hydrogen) atoms. The second-order valence-corrected chi connectivity index (χ2v) is 7.41. The van der Waals surface area contributed by atoms with Crippen molar-refractivity contribution in [1.29, 1.82) is 0 Å². The van der Waals surface area contributed by atoms with Gasteiger partial charge in [0.05, 0.1) is 0 Å². The number of thiazole rings is 1. The van der Waals surface area contributed by atoms with E-state index >= 15 is 0 Å². The van der Waals surface area contributed by atoms with Gasteiger partial charge in [0.1, 0.15) is 0 Å². The second kappa shape index (κ2) is 6.07. The normalized spacial score (nSPS) is 21.2. The second-order valence-electron chi connectivity index (χ2n) is 4.77. The summed E-state index contributed by atoms with van der Waals surface area (Å²) in [6.45, 7) is 9.85. The van der Waals surface area contributed by atoms with Crippen molar-refractivity contribution in [3.05, 3.63) is 11.1 Å². The summed E-state index contributed by atoms with van der Waals surface area (Å²) in [4.78, 5) is 8.30. The Kier molecular flexibility index (Phi) is 4.70. The first kappa shape index (κ1) is 13.2. The van der Waals surface area contributed by atoms with Crippen LogP contribution in [0.4, 0.5) is 5.13 Å². The van der Waals surface area contributed by atoms with Gasteiger partial charge in [0.15, 0.2) is 5.13 Å². The van der Waals surface area contributed by atoms with Crippen LogP contribution < -0.4 is 10.2 Å². The first-order valence-electron chi connectivity index (χ1n) is 6.20. The first-order chi connectivity index (χ1) is 8.15. The topological polar surface area (TPSA) is 28.2 Å². The fraction of sp³-hybridized carbons (Fsp3) is 0.750. The predicted molar refractivity (Wildman–Crippen MR) is 78.2 cm³/mol. The van der Waals surface area contributed by atoms with E-state index in [1.807, 2.05) is 17.5 Å². The lowest BCUT2D eigenvalue weighted by atomic mass is 10.4. The number of rotatable bonds is 4. The van der Waals surface area contributed by atoms with Gasteiger partial charge in [0.25, 0.3) is 0 Å². The van der Waals surface area contributed by atoms with Crippen LogP contribution in [0.2, 0.25) is 0 Å². The molecule has 1 unspecified atom stereocenters. The van der Waals surface area contributed by atoms with Crippen LogP contribution in [0.1, 0.15) is 25.6 Å². The summed E-state index contributed by atoms with van der Waals surface area (Å²) in [5.41, 5.74) is 0. The number of hydrogen-bond acceptors (Lipinski definition) is 5. The van der Waals surface area contributed by atoms with Gasteiger partial charge in [0, 0.05) is 47.8 Å². The highest BCUT2D eigenvalue weighted by atomic mass is 32.2. The molecule has 1 aliphatic heterocycles. The minimum Gasteiger partial charge on any atom is -0.346 e. The van der Waals surface area contributed by atoms with Gasteiger partial charge < -0.3 is 10.2 Å². The van der Waals surface area contributed by atoms with E-state index in [1.165, 1.54) is 15.8 Å². The number of hydrogen-bond donors (Lipinski definition) is 1. The zero-order valence-corrected chi connectivity index (χ0v) is 12.4. The van der Waals surface area contributed by atoms with Crippen molar-refractivity contribution in [2.45, 2.75) is 38.6 Å².